The van der Waals surface area contributed by atoms with Crippen LogP contribution in [0.5, 0.6) is 0 Å². The van der Waals surface area contributed by atoms with Crippen molar-refractivity contribution in [2.45, 2.75) is 45.7 Å². The molecule has 1 aromatic carbocycles. The van der Waals surface area contributed by atoms with E-state index >= 15 is 0 Å². The van der Waals surface area contributed by atoms with Gasteiger partial charge in [-0.3, -0.25) is 0 Å². The summed E-state index contributed by atoms with van der Waals surface area (Å²) in [5.41, 5.74) is 5.40. The number of hydrogen-bond acceptors (Lipinski definition) is 2. The fraction of sp³-hybridized carbons (Fsp3) is 0.471. The van der Waals surface area contributed by atoms with Crippen LogP contribution < -0.4 is 5.32 Å². The molecular weight excluding hydrogens is 246 g/mol. The number of aromatic nitrogens is 2. The average Bonchev–Trinajstić information content (AvgIpc) is 2.86. The predicted molar refractivity (Wildman–Crippen MR) is 81.9 cm³/mol. The SMILES string of the molecule is CCC1(C)NCCc2ncn(Cc3ccccc3C)c21. The smallest absolute Gasteiger partial charge is 0.0955 e. The fourth-order valence-electron chi connectivity index (χ4n) is 3.17. The minimum Gasteiger partial charge on any atom is -0.328 e. The second-order valence-corrected chi connectivity index (χ2v) is 5.96. The number of fused-ring (bicyclic) bond motifs is 1. The Balaban J connectivity index is 2.00. The molecule has 2 heterocycles. The van der Waals surface area contributed by atoms with Crippen LogP contribution in [0.4, 0.5) is 0 Å². The van der Waals surface area contributed by atoms with Gasteiger partial charge in [-0.15, -0.1) is 0 Å². The summed E-state index contributed by atoms with van der Waals surface area (Å²) in [7, 11) is 0. The van der Waals surface area contributed by atoms with E-state index in [1.165, 1.54) is 22.5 Å². The molecule has 3 nitrogen and oxygen atoms in total. The number of benzene rings is 1. The molecule has 0 radical (unpaired) electrons. The second kappa shape index (κ2) is 5.06. The second-order valence-electron chi connectivity index (χ2n) is 5.96. The first-order chi connectivity index (χ1) is 9.64. The number of nitrogens with zero attached hydrogens (tertiary/aromatic N) is 2. The predicted octanol–water partition coefficient (Wildman–Crippen LogP) is 3.01. The third-order valence-electron chi connectivity index (χ3n) is 4.62. The van der Waals surface area contributed by atoms with Crippen molar-refractivity contribution >= 4 is 0 Å². The van der Waals surface area contributed by atoms with Crippen molar-refractivity contribution in [1.29, 1.82) is 0 Å². The van der Waals surface area contributed by atoms with Gasteiger partial charge in [0.15, 0.2) is 0 Å². The summed E-state index contributed by atoms with van der Waals surface area (Å²) in [6, 6.07) is 8.60. The van der Waals surface area contributed by atoms with Gasteiger partial charge in [0.05, 0.1) is 23.3 Å². The molecule has 0 fully saturated rings. The first kappa shape index (κ1) is 13.4. The Morgan fingerprint density at radius 3 is 2.90 bits per heavy atom. The molecule has 1 N–H and O–H groups in total. The Bertz CT molecular complexity index is 614. The van der Waals surface area contributed by atoms with Gasteiger partial charge >= 0.3 is 0 Å². The lowest BCUT2D eigenvalue weighted by atomic mass is 9.88. The Morgan fingerprint density at radius 2 is 2.15 bits per heavy atom. The van der Waals surface area contributed by atoms with E-state index in [2.05, 4.69) is 59.9 Å². The lowest BCUT2D eigenvalue weighted by molar-refractivity contribution is 0.314. The standard InChI is InChI=1S/C17H23N3/c1-4-17(3)16-15(9-10-19-17)18-12-20(16)11-14-8-6-5-7-13(14)2/h5-8,12,19H,4,9-11H2,1-3H3. The Kier molecular flexibility index (Phi) is 3.38. The molecule has 0 amide bonds. The van der Waals surface area contributed by atoms with Gasteiger partial charge in [-0.1, -0.05) is 31.2 Å². The van der Waals surface area contributed by atoms with Gasteiger partial charge in [0.25, 0.3) is 0 Å². The third kappa shape index (κ3) is 2.16. The Morgan fingerprint density at radius 1 is 1.35 bits per heavy atom. The fourth-order valence-corrected chi connectivity index (χ4v) is 3.17. The largest absolute Gasteiger partial charge is 0.328 e. The summed E-state index contributed by atoms with van der Waals surface area (Å²) in [6.45, 7) is 8.65. The summed E-state index contributed by atoms with van der Waals surface area (Å²) in [6.07, 6.45) is 4.13. The topological polar surface area (TPSA) is 29.9 Å². The van der Waals surface area contributed by atoms with Gasteiger partial charge in [-0.05, 0) is 31.4 Å². The van der Waals surface area contributed by atoms with Crippen LogP contribution in [-0.4, -0.2) is 16.1 Å². The number of aryl methyl sites for hydroxylation is 1. The van der Waals surface area contributed by atoms with E-state index in [0.29, 0.717) is 0 Å². The molecule has 1 aromatic heterocycles. The lowest BCUT2D eigenvalue weighted by Crippen LogP contribution is -2.45. The highest BCUT2D eigenvalue weighted by atomic mass is 15.1. The summed E-state index contributed by atoms with van der Waals surface area (Å²) in [4.78, 5) is 4.65. The Hall–Kier alpha value is -1.61. The zero-order chi connectivity index (χ0) is 14.2. The molecule has 1 aliphatic heterocycles. The molecular formula is C17H23N3. The van der Waals surface area contributed by atoms with E-state index in [-0.39, 0.29) is 5.54 Å². The molecule has 1 aliphatic rings. The zero-order valence-corrected chi connectivity index (χ0v) is 12.6. The summed E-state index contributed by atoms with van der Waals surface area (Å²) >= 11 is 0. The first-order valence-electron chi connectivity index (χ1n) is 7.48. The van der Waals surface area contributed by atoms with Crippen molar-refractivity contribution in [2.24, 2.45) is 0 Å². The van der Waals surface area contributed by atoms with E-state index in [9.17, 15) is 0 Å². The molecule has 0 spiro atoms. The maximum absolute atomic E-state index is 4.65. The first-order valence-corrected chi connectivity index (χ1v) is 7.48. The van der Waals surface area contributed by atoms with E-state index in [0.717, 1.165) is 25.9 Å². The highest BCUT2D eigenvalue weighted by Gasteiger charge is 2.34. The molecule has 0 bridgehead atoms. The third-order valence-corrected chi connectivity index (χ3v) is 4.62. The number of hydrogen-bond donors (Lipinski definition) is 1. The van der Waals surface area contributed by atoms with Crippen molar-refractivity contribution < 1.29 is 0 Å². The van der Waals surface area contributed by atoms with Crippen molar-refractivity contribution in [3.63, 3.8) is 0 Å². The quantitative estimate of drug-likeness (QED) is 0.928. The Labute approximate surface area is 121 Å². The van der Waals surface area contributed by atoms with Crippen LogP contribution in [0.25, 0.3) is 0 Å². The molecule has 1 unspecified atom stereocenters. The molecule has 20 heavy (non-hydrogen) atoms. The molecule has 106 valence electrons. The number of rotatable bonds is 3. The highest BCUT2D eigenvalue weighted by molar-refractivity contribution is 5.30. The van der Waals surface area contributed by atoms with Crippen LogP contribution in [0.2, 0.25) is 0 Å². The van der Waals surface area contributed by atoms with Gasteiger partial charge in [0, 0.05) is 19.5 Å². The summed E-state index contributed by atoms with van der Waals surface area (Å²) in [5.74, 6) is 0. The van der Waals surface area contributed by atoms with E-state index in [1.807, 2.05) is 6.33 Å². The summed E-state index contributed by atoms with van der Waals surface area (Å²) < 4.78 is 2.33. The van der Waals surface area contributed by atoms with Gasteiger partial charge in [0.1, 0.15) is 0 Å². The van der Waals surface area contributed by atoms with Crippen LogP contribution in [-0.2, 0) is 18.5 Å². The number of imidazole rings is 1. The van der Waals surface area contributed by atoms with Crippen LogP contribution >= 0.6 is 0 Å². The lowest BCUT2D eigenvalue weighted by Gasteiger charge is -2.35. The van der Waals surface area contributed by atoms with Crippen LogP contribution in [0.3, 0.4) is 0 Å². The minimum absolute atomic E-state index is 0.0484. The van der Waals surface area contributed by atoms with Gasteiger partial charge in [-0.25, -0.2) is 4.98 Å². The summed E-state index contributed by atoms with van der Waals surface area (Å²) in [5, 5.41) is 3.67. The zero-order valence-electron chi connectivity index (χ0n) is 12.6. The molecule has 3 heteroatoms. The van der Waals surface area contributed by atoms with E-state index in [1.54, 1.807) is 0 Å². The molecule has 0 aliphatic carbocycles. The van der Waals surface area contributed by atoms with Crippen molar-refractivity contribution in [2.75, 3.05) is 6.54 Å². The molecule has 3 rings (SSSR count). The van der Waals surface area contributed by atoms with Crippen molar-refractivity contribution in [1.82, 2.24) is 14.9 Å². The molecule has 1 atom stereocenters. The van der Waals surface area contributed by atoms with Gasteiger partial charge in [0.2, 0.25) is 0 Å². The van der Waals surface area contributed by atoms with E-state index < -0.39 is 0 Å². The highest BCUT2D eigenvalue weighted by Crippen LogP contribution is 2.31. The van der Waals surface area contributed by atoms with Gasteiger partial charge < -0.3 is 9.88 Å². The average molecular weight is 269 g/mol. The van der Waals surface area contributed by atoms with Crippen molar-refractivity contribution in [3.05, 3.63) is 53.1 Å². The molecule has 0 saturated carbocycles. The van der Waals surface area contributed by atoms with Crippen molar-refractivity contribution in [3.8, 4) is 0 Å². The monoisotopic (exact) mass is 269 g/mol. The number of nitrogens with one attached hydrogen (secondary N) is 1. The maximum Gasteiger partial charge on any atom is 0.0955 e. The molecule has 2 aromatic rings. The molecule has 0 saturated heterocycles. The maximum atomic E-state index is 4.65. The van der Waals surface area contributed by atoms with E-state index in [4.69, 9.17) is 0 Å². The normalized spacial score (nSPS) is 21.8. The van der Waals surface area contributed by atoms with Crippen LogP contribution in [0, 0.1) is 6.92 Å². The van der Waals surface area contributed by atoms with Crippen LogP contribution in [0.1, 0.15) is 42.8 Å². The van der Waals surface area contributed by atoms with Gasteiger partial charge in [-0.2, -0.15) is 0 Å². The minimum atomic E-state index is 0.0484. The van der Waals surface area contributed by atoms with Crippen LogP contribution in [0.15, 0.2) is 30.6 Å².